The molecule has 2 heterocycles. The highest BCUT2D eigenvalue weighted by molar-refractivity contribution is 5.88. The first-order valence-corrected chi connectivity index (χ1v) is 11.4. The smallest absolute Gasteiger partial charge is 0.168 e. The minimum atomic E-state index is 0.503. The van der Waals surface area contributed by atoms with Crippen molar-refractivity contribution in [2.75, 3.05) is 12.5 Å². The van der Waals surface area contributed by atoms with E-state index >= 15 is 0 Å². The highest BCUT2D eigenvalue weighted by atomic mass is 16.5. The number of rotatable bonds is 9. The number of hydrogen-bond acceptors (Lipinski definition) is 7. The Kier molecular flexibility index (Phi) is 7.18. The fourth-order valence-corrected chi connectivity index (χ4v) is 3.91. The third-order valence-corrected chi connectivity index (χ3v) is 5.72. The van der Waals surface area contributed by atoms with E-state index in [0.29, 0.717) is 23.5 Å². The van der Waals surface area contributed by atoms with Crippen molar-refractivity contribution in [1.82, 2.24) is 24.6 Å². The van der Waals surface area contributed by atoms with Crippen LogP contribution in [0.5, 0.6) is 5.75 Å². The maximum atomic E-state index is 5.32. The molecule has 0 atom stereocenters. The van der Waals surface area contributed by atoms with Gasteiger partial charge in [-0.05, 0) is 51.0 Å². The number of hydrogen-bond donors (Lipinski definition) is 1. The average Bonchev–Trinajstić information content (AvgIpc) is 3.28. The Morgan fingerprint density at radius 3 is 2.53 bits per heavy atom. The van der Waals surface area contributed by atoms with Gasteiger partial charge in [0.15, 0.2) is 11.5 Å². The molecule has 0 unspecified atom stereocenters. The number of nitrogens with one attached hydrogen (secondary N) is 1. The molecule has 0 radical (unpaired) electrons. The van der Waals surface area contributed by atoms with Gasteiger partial charge in [0.05, 0.1) is 30.6 Å². The van der Waals surface area contributed by atoms with E-state index in [9.17, 15) is 0 Å². The largest absolute Gasteiger partial charge is 0.497 e. The minimum Gasteiger partial charge on any atom is -0.497 e. The molecule has 8 heteroatoms. The number of benzene rings is 2. The van der Waals surface area contributed by atoms with Crippen molar-refractivity contribution in [3.63, 3.8) is 0 Å². The molecule has 8 nitrogen and oxygen atoms in total. The maximum absolute atomic E-state index is 5.32. The van der Waals surface area contributed by atoms with Gasteiger partial charge in [-0.2, -0.15) is 10.2 Å². The lowest BCUT2D eigenvalue weighted by atomic mass is 10.1. The number of methoxy groups -OCH3 is 1. The number of anilines is 1. The second kappa shape index (κ2) is 10.4. The Balaban J connectivity index is 1.47. The summed E-state index contributed by atoms with van der Waals surface area (Å²) >= 11 is 0. The Labute approximate surface area is 200 Å². The topological polar surface area (TPSA) is 80.5 Å². The first-order valence-electron chi connectivity index (χ1n) is 11.4. The van der Waals surface area contributed by atoms with Crippen LogP contribution in [0.1, 0.15) is 38.8 Å². The molecular formula is C26H31N7O. The average molecular weight is 458 g/mol. The lowest BCUT2D eigenvalue weighted by molar-refractivity contribution is 0.166. The summed E-state index contributed by atoms with van der Waals surface area (Å²) in [6.45, 7) is 9.87. The van der Waals surface area contributed by atoms with Gasteiger partial charge < -0.3 is 4.74 Å². The van der Waals surface area contributed by atoms with Crippen LogP contribution in [0.25, 0.3) is 16.7 Å². The summed E-state index contributed by atoms with van der Waals surface area (Å²) in [6.07, 6.45) is 5.02. The molecule has 0 aliphatic heterocycles. The molecular weight excluding hydrogens is 426 g/mol. The summed E-state index contributed by atoms with van der Waals surface area (Å²) in [5.74, 6) is 1.35. The Morgan fingerprint density at radius 1 is 1.06 bits per heavy atom. The van der Waals surface area contributed by atoms with Crippen LogP contribution in [-0.2, 0) is 6.54 Å². The summed E-state index contributed by atoms with van der Waals surface area (Å²) in [5.41, 5.74) is 6.87. The number of ether oxygens (including phenoxy) is 1. The van der Waals surface area contributed by atoms with E-state index < -0.39 is 0 Å². The SMILES string of the molecule is COc1cccc(-n2ncc3c(NN=Cc4ccc(CN(C(C)C)C(C)C)cc4)ncnc32)c1. The van der Waals surface area contributed by atoms with Gasteiger partial charge in [-0.3, -0.25) is 10.3 Å². The molecule has 4 aromatic rings. The third-order valence-electron chi connectivity index (χ3n) is 5.72. The van der Waals surface area contributed by atoms with Crippen LogP contribution in [0.2, 0.25) is 0 Å². The maximum Gasteiger partial charge on any atom is 0.168 e. The van der Waals surface area contributed by atoms with Crippen LogP contribution in [0.4, 0.5) is 5.82 Å². The molecule has 2 aromatic carbocycles. The standard InChI is InChI=1S/C26H31N7O/c1-18(2)32(19(3)4)16-21-11-9-20(10-12-21)14-29-31-25-24-15-30-33(26(24)28-17-27-25)22-7-6-8-23(13-22)34-5/h6-15,17-19H,16H2,1-5H3,(H,27,28,31). The molecule has 0 bridgehead atoms. The first kappa shape index (κ1) is 23.4. The zero-order valence-corrected chi connectivity index (χ0v) is 20.3. The quantitative estimate of drug-likeness (QED) is 0.285. The summed E-state index contributed by atoms with van der Waals surface area (Å²) < 4.78 is 7.08. The van der Waals surface area contributed by atoms with E-state index in [1.54, 1.807) is 24.2 Å². The van der Waals surface area contributed by atoms with Gasteiger partial charge in [-0.1, -0.05) is 30.3 Å². The minimum absolute atomic E-state index is 0.503. The Bertz CT molecular complexity index is 1250. The zero-order chi connectivity index (χ0) is 24.1. The van der Waals surface area contributed by atoms with Crippen LogP contribution < -0.4 is 10.2 Å². The lowest BCUT2D eigenvalue weighted by Gasteiger charge is -2.30. The molecule has 0 aliphatic rings. The van der Waals surface area contributed by atoms with E-state index in [1.165, 1.54) is 11.9 Å². The predicted molar refractivity (Wildman–Crippen MR) is 137 cm³/mol. The molecule has 0 saturated carbocycles. The van der Waals surface area contributed by atoms with Gasteiger partial charge in [0.1, 0.15) is 12.1 Å². The van der Waals surface area contributed by atoms with E-state index in [2.05, 4.69) is 82.5 Å². The van der Waals surface area contributed by atoms with Crippen molar-refractivity contribution >= 4 is 23.1 Å². The lowest BCUT2D eigenvalue weighted by Crippen LogP contribution is -2.36. The van der Waals surface area contributed by atoms with Crippen LogP contribution in [0, 0.1) is 0 Å². The van der Waals surface area contributed by atoms with Crippen molar-refractivity contribution in [2.24, 2.45) is 5.10 Å². The fraction of sp³-hybridized carbons (Fsp3) is 0.308. The molecule has 176 valence electrons. The molecule has 4 rings (SSSR count). The number of fused-ring (bicyclic) bond motifs is 1. The molecule has 34 heavy (non-hydrogen) atoms. The summed E-state index contributed by atoms with van der Waals surface area (Å²) in [4.78, 5) is 11.2. The summed E-state index contributed by atoms with van der Waals surface area (Å²) in [7, 11) is 1.64. The number of aromatic nitrogens is 4. The van der Waals surface area contributed by atoms with Crippen LogP contribution >= 0.6 is 0 Å². The Morgan fingerprint density at radius 2 is 1.82 bits per heavy atom. The highest BCUT2D eigenvalue weighted by Gasteiger charge is 2.14. The second-order valence-electron chi connectivity index (χ2n) is 8.69. The monoisotopic (exact) mass is 457 g/mol. The van der Waals surface area contributed by atoms with Gasteiger partial charge >= 0.3 is 0 Å². The first-order chi connectivity index (χ1) is 16.5. The van der Waals surface area contributed by atoms with Gasteiger partial charge in [0, 0.05) is 24.7 Å². The molecule has 0 saturated heterocycles. The van der Waals surface area contributed by atoms with Gasteiger partial charge in [0.25, 0.3) is 0 Å². The van der Waals surface area contributed by atoms with E-state index in [4.69, 9.17) is 4.74 Å². The molecule has 0 fully saturated rings. The van der Waals surface area contributed by atoms with Crippen molar-refractivity contribution in [3.8, 4) is 11.4 Å². The van der Waals surface area contributed by atoms with Gasteiger partial charge in [-0.25, -0.2) is 14.6 Å². The van der Waals surface area contributed by atoms with Crippen molar-refractivity contribution < 1.29 is 4.74 Å². The van der Waals surface area contributed by atoms with Crippen molar-refractivity contribution in [3.05, 3.63) is 72.2 Å². The normalized spacial score (nSPS) is 11.9. The molecule has 2 aromatic heterocycles. The highest BCUT2D eigenvalue weighted by Crippen LogP contribution is 2.23. The van der Waals surface area contributed by atoms with Crippen LogP contribution in [-0.4, -0.2) is 50.1 Å². The predicted octanol–water partition coefficient (Wildman–Crippen LogP) is 4.89. The number of hydrazone groups is 1. The van der Waals surface area contributed by atoms with Gasteiger partial charge in [-0.15, -0.1) is 0 Å². The van der Waals surface area contributed by atoms with E-state index in [-0.39, 0.29) is 0 Å². The van der Waals surface area contributed by atoms with Gasteiger partial charge in [0.2, 0.25) is 0 Å². The van der Waals surface area contributed by atoms with Crippen LogP contribution in [0.15, 0.2) is 66.2 Å². The molecule has 1 N–H and O–H groups in total. The van der Waals surface area contributed by atoms with Crippen LogP contribution in [0.3, 0.4) is 0 Å². The van der Waals surface area contributed by atoms with Crippen molar-refractivity contribution in [2.45, 2.75) is 46.3 Å². The van der Waals surface area contributed by atoms with Crippen molar-refractivity contribution in [1.29, 1.82) is 0 Å². The molecule has 0 aliphatic carbocycles. The zero-order valence-electron chi connectivity index (χ0n) is 20.3. The fourth-order valence-electron chi connectivity index (χ4n) is 3.91. The summed E-state index contributed by atoms with van der Waals surface area (Å²) in [6, 6.07) is 17.1. The Hall–Kier alpha value is -3.78. The third kappa shape index (κ3) is 5.23. The molecule has 0 spiro atoms. The summed E-state index contributed by atoms with van der Waals surface area (Å²) in [5, 5.41) is 9.65. The van der Waals surface area contributed by atoms with E-state index in [1.807, 2.05) is 24.3 Å². The molecule has 0 amide bonds. The second-order valence-corrected chi connectivity index (χ2v) is 8.69. The van der Waals surface area contributed by atoms with E-state index in [0.717, 1.165) is 28.9 Å². The number of nitrogens with zero attached hydrogens (tertiary/aromatic N) is 6.